The Kier molecular flexibility index (Phi) is 10.4. The molecule has 0 saturated carbocycles. The second-order valence-corrected chi connectivity index (χ2v) is 10.6. The van der Waals surface area contributed by atoms with E-state index >= 15 is 0 Å². The van der Waals surface area contributed by atoms with Crippen molar-refractivity contribution in [3.8, 4) is 11.1 Å². The van der Waals surface area contributed by atoms with Crippen LogP contribution in [0.5, 0.6) is 0 Å². The normalized spacial score (nSPS) is 14.7. The fourth-order valence-electron chi connectivity index (χ4n) is 4.86. The van der Waals surface area contributed by atoms with Crippen LogP contribution in [-0.2, 0) is 20.7 Å². The van der Waals surface area contributed by atoms with Crippen LogP contribution in [0.25, 0.3) is 11.1 Å². The summed E-state index contributed by atoms with van der Waals surface area (Å²) in [5.41, 5.74) is 15.5. The molecule has 0 heterocycles. The predicted octanol–water partition coefficient (Wildman–Crippen LogP) is 3.62. The number of amides is 2. The molecule has 4 rings (SSSR count). The molecule has 0 aromatic heterocycles. The monoisotopic (exact) mass is 610 g/mol. The molecule has 12 heteroatoms. The van der Waals surface area contributed by atoms with Crippen LogP contribution in [-0.4, -0.2) is 50.0 Å². The second kappa shape index (κ2) is 14.2. The summed E-state index contributed by atoms with van der Waals surface area (Å²) in [6.45, 7) is -0.219. The molecule has 0 spiro atoms. The summed E-state index contributed by atoms with van der Waals surface area (Å²) >= 11 is 12.9. The third kappa shape index (κ3) is 7.79. The average Bonchev–Trinajstić information content (AvgIpc) is 2.97. The Balaban J connectivity index is 1.38. The van der Waals surface area contributed by atoms with Crippen molar-refractivity contribution in [3.05, 3.63) is 87.4 Å². The minimum Gasteiger partial charge on any atom is -0.467 e. The van der Waals surface area contributed by atoms with Gasteiger partial charge >= 0.3 is 5.97 Å². The van der Waals surface area contributed by atoms with Gasteiger partial charge < -0.3 is 32.2 Å². The molecule has 0 saturated heterocycles. The first-order valence-electron chi connectivity index (χ1n) is 13.3. The molecule has 0 fully saturated rings. The van der Waals surface area contributed by atoms with E-state index in [9.17, 15) is 14.4 Å². The minimum atomic E-state index is -1.18. The van der Waals surface area contributed by atoms with Crippen molar-refractivity contribution < 1.29 is 19.1 Å². The summed E-state index contributed by atoms with van der Waals surface area (Å²) in [6.07, 6.45) is 2.71. The third-order valence-electron chi connectivity index (χ3n) is 6.88. The molecule has 3 aromatic carbocycles. The lowest BCUT2D eigenvalue weighted by Gasteiger charge is -2.27. The van der Waals surface area contributed by atoms with Crippen LogP contribution in [0.15, 0.2) is 65.7 Å². The Hall–Kier alpha value is -4.12. The number of guanidine groups is 1. The fraction of sp³-hybridized carbons (Fsp3) is 0.267. The summed E-state index contributed by atoms with van der Waals surface area (Å²) in [7, 11) is 1.19. The highest BCUT2D eigenvalue weighted by molar-refractivity contribution is 6.40. The number of benzene rings is 3. The number of hydrogen-bond donors (Lipinski definition) is 5. The van der Waals surface area contributed by atoms with Crippen molar-refractivity contribution in [2.24, 2.45) is 16.5 Å². The quantitative estimate of drug-likeness (QED) is 0.133. The maximum atomic E-state index is 13.1. The lowest BCUT2D eigenvalue weighted by Crippen LogP contribution is -2.50. The first kappa shape index (κ1) is 30.8. The van der Waals surface area contributed by atoms with Gasteiger partial charge in [-0.25, -0.2) is 9.79 Å². The molecule has 0 radical (unpaired) electrons. The van der Waals surface area contributed by atoms with Gasteiger partial charge in [-0.2, -0.15) is 0 Å². The zero-order valence-electron chi connectivity index (χ0n) is 23.0. The number of fused-ring (bicyclic) bond motifs is 1. The van der Waals surface area contributed by atoms with E-state index in [1.54, 1.807) is 12.1 Å². The number of methoxy groups -OCH3 is 1. The Morgan fingerprint density at radius 1 is 1.02 bits per heavy atom. The van der Waals surface area contributed by atoms with E-state index in [-0.39, 0.29) is 46.6 Å². The lowest BCUT2D eigenvalue weighted by atomic mass is 9.87. The van der Waals surface area contributed by atoms with Crippen molar-refractivity contribution in [1.82, 2.24) is 16.0 Å². The number of esters is 1. The molecule has 42 heavy (non-hydrogen) atoms. The highest BCUT2D eigenvalue weighted by Gasteiger charge is 2.26. The van der Waals surface area contributed by atoms with Gasteiger partial charge in [0.2, 0.25) is 5.91 Å². The molecular weight excluding hydrogens is 579 g/mol. The SMILES string of the molecule is COC(=O)[C@H](CNC(=O)CNC1CCCc2ccc(N=C(N)N)cc21)NC(=O)c1c(Cl)cc(-c2ccccc2)cc1Cl. The number of nitrogens with zero attached hydrogens (tertiary/aromatic N) is 1. The molecule has 0 bridgehead atoms. The zero-order chi connectivity index (χ0) is 30.2. The Morgan fingerprint density at radius 2 is 1.74 bits per heavy atom. The summed E-state index contributed by atoms with van der Waals surface area (Å²) in [4.78, 5) is 42.4. The van der Waals surface area contributed by atoms with Gasteiger partial charge in [0.05, 0.1) is 35.0 Å². The lowest BCUT2D eigenvalue weighted by molar-refractivity contribution is -0.142. The van der Waals surface area contributed by atoms with E-state index in [1.165, 1.54) is 7.11 Å². The van der Waals surface area contributed by atoms with Crippen LogP contribution >= 0.6 is 23.2 Å². The first-order chi connectivity index (χ1) is 20.2. The number of aryl methyl sites for hydroxylation is 1. The van der Waals surface area contributed by atoms with E-state index in [2.05, 4.69) is 20.9 Å². The van der Waals surface area contributed by atoms with Gasteiger partial charge in [0.1, 0.15) is 6.04 Å². The maximum absolute atomic E-state index is 13.1. The van der Waals surface area contributed by atoms with E-state index in [1.807, 2.05) is 48.5 Å². The van der Waals surface area contributed by atoms with Gasteiger partial charge in [-0.3, -0.25) is 9.59 Å². The van der Waals surface area contributed by atoms with Crippen molar-refractivity contribution in [3.63, 3.8) is 0 Å². The Labute approximate surface area is 253 Å². The van der Waals surface area contributed by atoms with Crippen LogP contribution < -0.4 is 27.4 Å². The minimum absolute atomic E-state index is 0.0102. The van der Waals surface area contributed by atoms with Crippen LogP contribution in [0.2, 0.25) is 10.0 Å². The smallest absolute Gasteiger partial charge is 0.330 e. The molecule has 7 N–H and O–H groups in total. The number of hydrogen-bond acceptors (Lipinski definition) is 6. The topological polar surface area (TPSA) is 161 Å². The van der Waals surface area contributed by atoms with E-state index in [4.69, 9.17) is 39.4 Å². The predicted molar refractivity (Wildman–Crippen MR) is 164 cm³/mol. The molecule has 0 aliphatic heterocycles. The number of nitrogens with one attached hydrogen (secondary N) is 3. The number of halogens is 2. The van der Waals surface area contributed by atoms with E-state index in [0.717, 1.165) is 41.5 Å². The van der Waals surface area contributed by atoms with E-state index < -0.39 is 17.9 Å². The van der Waals surface area contributed by atoms with Crippen LogP contribution in [0, 0.1) is 0 Å². The molecule has 220 valence electrons. The van der Waals surface area contributed by atoms with Crippen molar-refractivity contribution in [2.75, 3.05) is 20.2 Å². The van der Waals surface area contributed by atoms with Crippen LogP contribution in [0.4, 0.5) is 5.69 Å². The molecule has 2 amide bonds. The number of ether oxygens (including phenoxy) is 1. The maximum Gasteiger partial charge on any atom is 0.330 e. The van der Waals surface area contributed by atoms with E-state index in [0.29, 0.717) is 5.69 Å². The van der Waals surface area contributed by atoms with Gasteiger partial charge in [-0.05, 0) is 65.8 Å². The summed E-state index contributed by atoms with van der Waals surface area (Å²) in [5, 5.41) is 8.75. The third-order valence-corrected chi connectivity index (χ3v) is 7.48. The summed E-state index contributed by atoms with van der Waals surface area (Å²) in [6, 6.07) is 17.2. The van der Waals surface area contributed by atoms with Crippen LogP contribution in [0.1, 0.15) is 40.4 Å². The molecular formula is C30H32Cl2N6O4. The van der Waals surface area contributed by atoms with Crippen LogP contribution in [0.3, 0.4) is 0 Å². The number of nitrogens with two attached hydrogens (primary N) is 2. The first-order valence-corrected chi connectivity index (χ1v) is 14.1. The van der Waals surface area contributed by atoms with Crippen molar-refractivity contribution >= 4 is 52.6 Å². The number of rotatable bonds is 10. The summed E-state index contributed by atoms with van der Waals surface area (Å²) in [5.74, 6) is -1.81. The highest BCUT2D eigenvalue weighted by Crippen LogP contribution is 2.33. The molecule has 3 aromatic rings. The molecule has 1 unspecified atom stereocenters. The number of aliphatic imine (C=N–C) groups is 1. The second-order valence-electron chi connectivity index (χ2n) is 9.78. The number of carbonyl (C=O) groups excluding carboxylic acids is 3. The standard InChI is InChI=1S/C30H32Cl2N6O4/c1-42-29(41)25(38-28(40)27-22(31)12-19(13-23(27)32)17-6-3-2-4-7-17)15-36-26(39)16-35-24-9-5-8-18-10-11-20(14-21(18)24)37-30(33)34/h2-4,6-7,10-14,24-25,35H,5,8-9,15-16H2,1H3,(H,36,39)(H,38,40)(H4,33,34,37)/t24?,25-/m0/s1. The average molecular weight is 612 g/mol. The Bertz CT molecular complexity index is 1470. The molecule has 1 aliphatic rings. The number of carbonyl (C=O) groups is 3. The molecule has 10 nitrogen and oxygen atoms in total. The van der Waals surface area contributed by atoms with Gasteiger partial charge in [0, 0.05) is 12.6 Å². The van der Waals surface area contributed by atoms with Gasteiger partial charge in [-0.15, -0.1) is 0 Å². The summed E-state index contributed by atoms with van der Waals surface area (Å²) < 4.78 is 4.84. The molecule has 2 atom stereocenters. The van der Waals surface area contributed by atoms with Crippen molar-refractivity contribution in [1.29, 1.82) is 0 Å². The molecule has 1 aliphatic carbocycles. The Morgan fingerprint density at radius 3 is 2.40 bits per heavy atom. The fourth-order valence-corrected chi connectivity index (χ4v) is 5.52. The van der Waals surface area contributed by atoms with Gasteiger partial charge in [0.25, 0.3) is 5.91 Å². The van der Waals surface area contributed by atoms with Crippen molar-refractivity contribution in [2.45, 2.75) is 31.3 Å². The largest absolute Gasteiger partial charge is 0.467 e. The zero-order valence-corrected chi connectivity index (χ0v) is 24.5. The van der Waals surface area contributed by atoms with Gasteiger partial charge in [-0.1, -0.05) is 59.6 Å². The highest BCUT2D eigenvalue weighted by atomic mass is 35.5. The van der Waals surface area contributed by atoms with Gasteiger partial charge in [0.15, 0.2) is 5.96 Å².